The molecule has 1 fully saturated rings. The molecule has 5 nitrogen and oxygen atoms in total. The van der Waals surface area contributed by atoms with E-state index in [0.717, 1.165) is 36.3 Å². The average Bonchev–Trinajstić information content (AvgIpc) is 3.11. The SMILES string of the molecule is CCCOc1ccc(-c2csc(NC(=O)C3(N)CC3)n2)cc1.Cl. The Balaban J connectivity index is 0.00000192. The third-order valence-electron chi connectivity index (χ3n) is 3.59. The molecule has 0 bridgehead atoms. The van der Waals surface area contributed by atoms with Gasteiger partial charge >= 0.3 is 0 Å². The van der Waals surface area contributed by atoms with Gasteiger partial charge in [0.15, 0.2) is 5.13 Å². The number of thiazole rings is 1. The molecule has 2 aromatic rings. The van der Waals surface area contributed by atoms with Crippen molar-refractivity contribution >= 4 is 34.8 Å². The van der Waals surface area contributed by atoms with E-state index < -0.39 is 5.54 Å². The van der Waals surface area contributed by atoms with Crippen molar-refractivity contribution in [2.24, 2.45) is 5.73 Å². The second kappa shape index (κ2) is 7.29. The van der Waals surface area contributed by atoms with Crippen molar-refractivity contribution in [1.29, 1.82) is 0 Å². The topological polar surface area (TPSA) is 77.2 Å². The standard InChI is InChI=1S/C16H19N3O2S.ClH/c1-2-9-21-12-5-3-11(4-6-12)13-10-22-15(18-13)19-14(20)16(17)7-8-16;/h3-6,10H,2,7-9,17H2,1H3,(H,18,19,20);1H. The number of nitrogens with one attached hydrogen (secondary N) is 1. The molecule has 1 aliphatic carbocycles. The molecule has 0 atom stereocenters. The molecule has 1 saturated carbocycles. The van der Waals surface area contributed by atoms with Gasteiger partial charge in [-0.15, -0.1) is 23.7 Å². The quantitative estimate of drug-likeness (QED) is 0.833. The van der Waals surface area contributed by atoms with Crippen LogP contribution in [0.25, 0.3) is 11.3 Å². The van der Waals surface area contributed by atoms with Gasteiger partial charge in [-0.3, -0.25) is 4.79 Å². The lowest BCUT2D eigenvalue weighted by atomic mass is 10.2. The summed E-state index contributed by atoms with van der Waals surface area (Å²) in [6, 6.07) is 7.80. The Morgan fingerprint density at radius 2 is 2.09 bits per heavy atom. The molecule has 0 spiro atoms. The predicted molar refractivity (Wildman–Crippen MR) is 95.4 cm³/mol. The van der Waals surface area contributed by atoms with E-state index >= 15 is 0 Å². The zero-order valence-electron chi connectivity index (χ0n) is 12.9. The summed E-state index contributed by atoms with van der Waals surface area (Å²) in [4.78, 5) is 16.3. The number of amides is 1. The van der Waals surface area contributed by atoms with Gasteiger partial charge < -0.3 is 15.8 Å². The lowest BCUT2D eigenvalue weighted by molar-refractivity contribution is -0.118. The number of rotatable bonds is 6. The monoisotopic (exact) mass is 353 g/mol. The number of hydrogen-bond donors (Lipinski definition) is 2. The van der Waals surface area contributed by atoms with Gasteiger partial charge in [-0.1, -0.05) is 6.92 Å². The normalized spacial score (nSPS) is 14.7. The first-order chi connectivity index (χ1) is 10.6. The number of anilines is 1. The smallest absolute Gasteiger partial charge is 0.246 e. The number of benzene rings is 1. The third-order valence-corrected chi connectivity index (χ3v) is 4.35. The van der Waals surface area contributed by atoms with E-state index in [9.17, 15) is 4.79 Å². The molecule has 1 amide bonds. The lowest BCUT2D eigenvalue weighted by Crippen LogP contribution is -2.37. The first-order valence-electron chi connectivity index (χ1n) is 7.40. The van der Waals surface area contributed by atoms with E-state index in [2.05, 4.69) is 17.2 Å². The van der Waals surface area contributed by atoms with E-state index in [1.807, 2.05) is 29.6 Å². The van der Waals surface area contributed by atoms with Gasteiger partial charge in [0.25, 0.3) is 0 Å². The van der Waals surface area contributed by atoms with Gasteiger partial charge in [-0.25, -0.2) is 4.98 Å². The minimum Gasteiger partial charge on any atom is -0.494 e. The molecule has 1 aliphatic rings. The van der Waals surface area contributed by atoms with E-state index in [4.69, 9.17) is 10.5 Å². The van der Waals surface area contributed by atoms with Gasteiger partial charge in [0.1, 0.15) is 5.75 Å². The number of nitrogens with zero attached hydrogens (tertiary/aromatic N) is 1. The van der Waals surface area contributed by atoms with Gasteiger partial charge in [-0.2, -0.15) is 0 Å². The van der Waals surface area contributed by atoms with Crippen molar-refractivity contribution in [3.8, 4) is 17.0 Å². The number of carbonyl (C=O) groups is 1. The molecule has 3 rings (SSSR count). The number of ether oxygens (including phenoxy) is 1. The van der Waals surface area contributed by atoms with Crippen molar-refractivity contribution < 1.29 is 9.53 Å². The largest absolute Gasteiger partial charge is 0.494 e. The van der Waals surface area contributed by atoms with Gasteiger partial charge in [0.05, 0.1) is 17.8 Å². The molecule has 0 aliphatic heterocycles. The lowest BCUT2D eigenvalue weighted by Gasteiger charge is -2.07. The maximum absolute atomic E-state index is 11.9. The van der Waals surface area contributed by atoms with E-state index in [1.54, 1.807) is 0 Å². The van der Waals surface area contributed by atoms with Crippen LogP contribution in [0.15, 0.2) is 29.6 Å². The zero-order valence-corrected chi connectivity index (χ0v) is 14.5. The molecule has 0 unspecified atom stereocenters. The summed E-state index contributed by atoms with van der Waals surface area (Å²) in [6.45, 7) is 2.79. The molecule has 1 aromatic carbocycles. The number of aromatic nitrogens is 1. The van der Waals surface area contributed by atoms with Crippen LogP contribution in [0, 0.1) is 0 Å². The Morgan fingerprint density at radius 1 is 1.39 bits per heavy atom. The first-order valence-corrected chi connectivity index (χ1v) is 8.28. The molecule has 7 heteroatoms. The highest BCUT2D eigenvalue weighted by atomic mass is 35.5. The molecular weight excluding hydrogens is 334 g/mol. The van der Waals surface area contributed by atoms with E-state index in [1.165, 1.54) is 11.3 Å². The fourth-order valence-corrected chi connectivity index (χ4v) is 2.70. The van der Waals surface area contributed by atoms with Crippen LogP contribution in [0.3, 0.4) is 0 Å². The summed E-state index contributed by atoms with van der Waals surface area (Å²) >= 11 is 1.40. The summed E-state index contributed by atoms with van der Waals surface area (Å²) in [5.74, 6) is 0.713. The van der Waals surface area contributed by atoms with E-state index in [0.29, 0.717) is 11.7 Å². The van der Waals surface area contributed by atoms with Crippen molar-refractivity contribution in [1.82, 2.24) is 4.98 Å². The Labute approximate surface area is 145 Å². The molecule has 23 heavy (non-hydrogen) atoms. The maximum atomic E-state index is 11.9. The minimum atomic E-state index is -0.676. The van der Waals surface area contributed by atoms with Crippen LogP contribution in [-0.2, 0) is 4.79 Å². The van der Waals surface area contributed by atoms with Gasteiger partial charge in [-0.05, 0) is 43.5 Å². The fourth-order valence-electron chi connectivity index (χ4n) is 1.99. The Bertz CT molecular complexity index is 668. The van der Waals surface area contributed by atoms with Crippen molar-refractivity contribution in [3.63, 3.8) is 0 Å². The number of hydrogen-bond acceptors (Lipinski definition) is 5. The first kappa shape index (κ1) is 17.7. The van der Waals surface area contributed by atoms with Crippen molar-refractivity contribution in [2.45, 2.75) is 31.7 Å². The van der Waals surface area contributed by atoms with Crippen molar-refractivity contribution in [3.05, 3.63) is 29.6 Å². The summed E-state index contributed by atoms with van der Waals surface area (Å²) in [7, 11) is 0. The van der Waals surface area contributed by atoms with Crippen LogP contribution < -0.4 is 15.8 Å². The molecule has 3 N–H and O–H groups in total. The zero-order chi connectivity index (χ0) is 15.6. The highest BCUT2D eigenvalue weighted by molar-refractivity contribution is 7.14. The summed E-state index contributed by atoms with van der Waals surface area (Å²) < 4.78 is 5.56. The number of carbonyl (C=O) groups excluding carboxylic acids is 1. The Kier molecular flexibility index (Phi) is 5.62. The third kappa shape index (κ3) is 4.22. The van der Waals surface area contributed by atoms with Crippen LogP contribution >= 0.6 is 23.7 Å². The second-order valence-corrected chi connectivity index (χ2v) is 6.38. The molecule has 0 radical (unpaired) electrons. The highest BCUT2D eigenvalue weighted by Crippen LogP contribution is 2.34. The van der Waals surface area contributed by atoms with E-state index in [-0.39, 0.29) is 18.3 Å². The fraction of sp³-hybridized carbons (Fsp3) is 0.375. The van der Waals surface area contributed by atoms with Crippen LogP contribution in [-0.4, -0.2) is 23.0 Å². The summed E-state index contributed by atoms with van der Waals surface area (Å²) in [5.41, 5.74) is 7.02. The number of halogens is 1. The Hall–Kier alpha value is -1.63. The maximum Gasteiger partial charge on any atom is 0.246 e. The van der Waals surface area contributed by atoms with Crippen LogP contribution in [0.5, 0.6) is 5.75 Å². The Morgan fingerprint density at radius 3 is 2.70 bits per heavy atom. The van der Waals surface area contributed by atoms with Crippen LogP contribution in [0.2, 0.25) is 0 Å². The molecule has 0 saturated heterocycles. The van der Waals surface area contributed by atoms with Gasteiger partial charge in [0, 0.05) is 10.9 Å². The highest BCUT2D eigenvalue weighted by Gasteiger charge is 2.46. The predicted octanol–water partition coefficient (Wildman–Crippen LogP) is 3.45. The summed E-state index contributed by atoms with van der Waals surface area (Å²) in [6.07, 6.45) is 2.48. The van der Waals surface area contributed by atoms with Crippen LogP contribution in [0.4, 0.5) is 5.13 Å². The molecule has 1 heterocycles. The van der Waals surface area contributed by atoms with Crippen molar-refractivity contribution in [2.75, 3.05) is 11.9 Å². The molecule has 1 aromatic heterocycles. The molecular formula is C16H20ClN3O2S. The van der Waals surface area contributed by atoms with Gasteiger partial charge in [0.2, 0.25) is 5.91 Å². The summed E-state index contributed by atoms with van der Waals surface area (Å²) in [5, 5.41) is 5.30. The minimum absolute atomic E-state index is 0. The second-order valence-electron chi connectivity index (χ2n) is 5.52. The average molecular weight is 354 g/mol. The molecule has 124 valence electrons. The number of nitrogens with two attached hydrogens (primary N) is 1. The van der Waals surface area contributed by atoms with Crippen LogP contribution in [0.1, 0.15) is 26.2 Å².